The molecular formula is C10H8Cl2N2OS. The smallest absolute Gasteiger partial charge is 0.235 e. The van der Waals surface area contributed by atoms with Crippen LogP contribution in [0, 0.1) is 0 Å². The van der Waals surface area contributed by atoms with E-state index in [0.29, 0.717) is 6.42 Å². The Morgan fingerprint density at radius 2 is 2.38 bits per heavy atom. The predicted molar refractivity (Wildman–Crippen MR) is 66.6 cm³/mol. The molecule has 0 spiro atoms. The number of aromatic nitrogens is 2. The number of thioether (sulfide) groups is 1. The van der Waals surface area contributed by atoms with Crippen molar-refractivity contribution in [2.45, 2.75) is 16.7 Å². The van der Waals surface area contributed by atoms with Gasteiger partial charge in [-0.25, -0.2) is 4.98 Å². The first kappa shape index (κ1) is 11.8. The molecule has 1 aliphatic rings. The topological polar surface area (TPSA) is 34.4 Å². The van der Waals surface area contributed by atoms with Crippen molar-refractivity contribution in [2.24, 2.45) is 0 Å². The molecule has 2 aromatic heterocycles. The summed E-state index contributed by atoms with van der Waals surface area (Å²) in [7, 11) is 0. The summed E-state index contributed by atoms with van der Waals surface area (Å²) in [5, 5.41) is 0.566. The molecule has 0 radical (unpaired) electrons. The maximum absolute atomic E-state index is 11.2. The highest BCUT2D eigenvalue weighted by Gasteiger charge is 2.26. The molecule has 0 fully saturated rings. The molecule has 1 atom stereocenters. The number of hydrogen-bond acceptors (Lipinski definition) is 3. The van der Waals surface area contributed by atoms with Gasteiger partial charge >= 0.3 is 0 Å². The third kappa shape index (κ3) is 1.71. The molecule has 0 aliphatic carbocycles. The van der Waals surface area contributed by atoms with Gasteiger partial charge in [-0.2, -0.15) is 0 Å². The van der Waals surface area contributed by atoms with Crippen LogP contribution in [0.25, 0.3) is 5.65 Å². The fraction of sp³-hybridized carbons (Fsp3) is 0.200. The van der Waals surface area contributed by atoms with Gasteiger partial charge in [-0.3, -0.25) is 9.20 Å². The van der Waals surface area contributed by atoms with Gasteiger partial charge < -0.3 is 0 Å². The summed E-state index contributed by atoms with van der Waals surface area (Å²) in [6, 6.07) is 5.88. The first-order valence-corrected chi connectivity index (χ1v) is 5.83. The predicted octanol–water partition coefficient (Wildman–Crippen LogP) is 2.54. The summed E-state index contributed by atoms with van der Waals surface area (Å²) >= 11 is 7.04. The zero-order chi connectivity index (χ0) is 10.4. The van der Waals surface area contributed by atoms with Crippen molar-refractivity contribution in [3.8, 4) is 0 Å². The zero-order valence-electron chi connectivity index (χ0n) is 8.09. The van der Waals surface area contributed by atoms with E-state index in [1.54, 1.807) is 0 Å². The molecule has 0 amide bonds. The quantitative estimate of drug-likeness (QED) is 0.750. The Bertz CT molecular complexity index is 555. The molecule has 0 saturated heterocycles. The van der Waals surface area contributed by atoms with E-state index in [-0.39, 0.29) is 22.9 Å². The third-order valence-electron chi connectivity index (χ3n) is 2.48. The Hall–Kier alpha value is -0.710. The molecule has 1 aliphatic heterocycles. The summed E-state index contributed by atoms with van der Waals surface area (Å²) in [5.41, 5.74) is 1.98. The van der Waals surface area contributed by atoms with Gasteiger partial charge in [0.1, 0.15) is 5.65 Å². The molecule has 0 saturated carbocycles. The first-order chi connectivity index (χ1) is 7.25. The van der Waals surface area contributed by atoms with E-state index in [1.807, 2.05) is 24.4 Å². The zero-order valence-corrected chi connectivity index (χ0v) is 10.5. The average molecular weight is 275 g/mol. The number of halogens is 2. The molecule has 0 bridgehead atoms. The number of nitrogens with zero attached hydrogens (tertiary/aromatic N) is 2. The van der Waals surface area contributed by atoms with Crippen LogP contribution >= 0.6 is 35.8 Å². The normalized spacial score (nSPS) is 18.2. The van der Waals surface area contributed by atoms with Gasteiger partial charge in [0, 0.05) is 18.3 Å². The van der Waals surface area contributed by atoms with Crippen LogP contribution in [-0.2, 0) is 11.2 Å². The molecule has 1 unspecified atom stereocenters. The maximum atomic E-state index is 11.2. The van der Waals surface area contributed by atoms with Crippen molar-refractivity contribution in [3.05, 3.63) is 30.1 Å². The lowest BCUT2D eigenvalue weighted by atomic mass is 10.2. The van der Waals surface area contributed by atoms with E-state index >= 15 is 0 Å². The molecule has 84 valence electrons. The standard InChI is InChI=1S/C10H7ClN2OS.ClH/c11-10(14)7-4-6-5-12-8-2-1-3-9(15-7)13(6)8;/h1-3,5,7H,4H2;1H. The summed E-state index contributed by atoms with van der Waals surface area (Å²) in [6.07, 6.45) is 2.47. The minimum atomic E-state index is -0.288. The van der Waals surface area contributed by atoms with Crippen LogP contribution in [0.15, 0.2) is 29.4 Å². The summed E-state index contributed by atoms with van der Waals surface area (Å²) < 4.78 is 2.07. The Labute approximate surface area is 108 Å². The van der Waals surface area contributed by atoms with Crippen molar-refractivity contribution in [3.63, 3.8) is 0 Å². The lowest BCUT2D eigenvalue weighted by molar-refractivity contribution is -0.111. The number of carbonyl (C=O) groups excluding carboxylic acids is 1. The van der Waals surface area contributed by atoms with Gasteiger partial charge in [-0.05, 0) is 23.7 Å². The Morgan fingerprint density at radius 1 is 1.56 bits per heavy atom. The number of rotatable bonds is 1. The molecule has 16 heavy (non-hydrogen) atoms. The van der Waals surface area contributed by atoms with Crippen LogP contribution in [0.1, 0.15) is 5.69 Å². The van der Waals surface area contributed by atoms with Crippen LogP contribution in [0.3, 0.4) is 0 Å². The van der Waals surface area contributed by atoms with Gasteiger partial charge in [0.2, 0.25) is 5.24 Å². The lowest BCUT2D eigenvalue weighted by Crippen LogP contribution is -2.20. The lowest BCUT2D eigenvalue weighted by Gasteiger charge is -2.19. The van der Waals surface area contributed by atoms with Crippen molar-refractivity contribution < 1.29 is 4.79 Å². The summed E-state index contributed by atoms with van der Waals surface area (Å²) in [4.78, 5) is 15.4. The molecule has 3 rings (SSSR count). The second kappa shape index (κ2) is 4.28. The number of pyridine rings is 1. The van der Waals surface area contributed by atoms with Crippen LogP contribution in [0.2, 0.25) is 0 Å². The number of carbonyl (C=O) groups is 1. The minimum absolute atomic E-state index is 0. The van der Waals surface area contributed by atoms with Gasteiger partial charge in [-0.15, -0.1) is 12.4 Å². The average Bonchev–Trinajstić information content (AvgIpc) is 2.64. The van der Waals surface area contributed by atoms with Crippen molar-refractivity contribution >= 4 is 46.7 Å². The second-order valence-corrected chi connectivity index (χ2v) is 5.02. The number of hydrogen-bond donors (Lipinski definition) is 0. The monoisotopic (exact) mass is 274 g/mol. The van der Waals surface area contributed by atoms with E-state index in [4.69, 9.17) is 11.6 Å². The van der Waals surface area contributed by atoms with E-state index in [1.165, 1.54) is 11.8 Å². The Morgan fingerprint density at radius 3 is 3.12 bits per heavy atom. The highest BCUT2D eigenvalue weighted by Crippen LogP contribution is 2.33. The largest absolute Gasteiger partial charge is 0.291 e. The van der Waals surface area contributed by atoms with E-state index in [2.05, 4.69) is 9.38 Å². The minimum Gasteiger partial charge on any atom is -0.291 e. The molecule has 0 aromatic carbocycles. The van der Waals surface area contributed by atoms with Crippen LogP contribution < -0.4 is 0 Å². The van der Waals surface area contributed by atoms with Crippen LogP contribution in [0.4, 0.5) is 0 Å². The van der Waals surface area contributed by atoms with Crippen LogP contribution in [-0.4, -0.2) is 19.9 Å². The fourth-order valence-corrected chi connectivity index (χ4v) is 3.13. The Balaban J connectivity index is 0.000000963. The molecule has 3 nitrogen and oxygen atoms in total. The van der Waals surface area contributed by atoms with E-state index in [0.717, 1.165) is 16.4 Å². The molecule has 3 heterocycles. The van der Waals surface area contributed by atoms with E-state index in [9.17, 15) is 4.79 Å². The number of imidazole rings is 1. The SMILES string of the molecule is Cl.O=C(Cl)C1Cc2cnc3cccc(n23)S1. The van der Waals surface area contributed by atoms with Gasteiger partial charge in [-0.1, -0.05) is 17.8 Å². The van der Waals surface area contributed by atoms with Crippen molar-refractivity contribution in [1.82, 2.24) is 9.38 Å². The Kier molecular flexibility index (Phi) is 3.15. The molecule has 2 aromatic rings. The highest BCUT2D eigenvalue weighted by atomic mass is 35.5. The second-order valence-electron chi connectivity index (χ2n) is 3.42. The summed E-state index contributed by atoms with van der Waals surface area (Å²) in [6.45, 7) is 0. The molecule has 0 N–H and O–H groups in total. The van der Waals surface area contributed by atoms with E-state index < -0.39 is 0 Å². The van der Waals surface area contributed by atoms with Crippen LogP contribution in [0.5, 0.6) is 0 Å². The highest BCUT2D eigenvalue weighted by molar-refractivity contribution is 8.00. The third-order valence-corrected chi connectivity index (χ3v) is 4.10. The first-order valence-electron chi connectivity index (χ1n) is 4.57. The fourth-order valence-electron chi connectivity index (χ4n) is 1.81. The maximum Gasteiger partial charge on any atom is 0.235 e. The van der Waals surface area contributed by atoms with Gasteiger partial charge in [0.05, 0.1) is 10.3 Å². The summed E-state index contributed by atoms with van der Waals surface area (Å²) in [5.74, 6) is 0. The van der Waals surface area contributed by atoms with Gasteiger partial charge in [0.15, 0.2) is 0 Å². The van der Waals surface area contributed by atoms with Crippen molar-refractivity contribution in [1.29, 1.82) is 0 Å². The van der Waals surface area contributed by atoms with Gasteiger partial charge in [0.25, 0.3) is 0 Å². The van der Waals surface area contributed by atoms with Crippen molar-refractivity contribution in [2.75, 3.05) is 0 Å². The molecular weight excluding hydrogens is 267 g/mol. The molecule has 6 heteroatoms.